The molecule has 0 atom stereocenters. The quantitative estimate of drug-likeness (QED) is 0.871. The van der Waals surface area contributed by atoms with E-state index >= 15 is 0 Å². The number of aliphatic carboxylic acids is 1. The van der Waals surface area contributed by atoms with Gasteiger partial charge in [0, 0.05) is 44.9 Å². The van der Waals surface area contributed by atoms with Gasteiger partial charge in [-0.2, -0.15) is 5.10 Å². The fourth-order valence-corrected chi connectivity index (χ4v) is 2.69. The molecule has 1 aromatic heterocycles. The minimum Gasteiger partial charge on any atom is -0.481 e. The van der Waals surface area contributed by atoms with Crippen molar-refractivity contribution >= 4 is 12.0 Å². The van der Waals surface area contributed by atoms with E-state index in [-0.39, 0.29) is 18.4 Å². The average Bonchev–Trinajstić information content (AvgIpc) is 2.74. The molecular weight excluding hydrogens is 272 g/mol. The molecule has 2 N–H and O–H groups in total. The maximum atomic E-state index is 12.1. The van der Waals surface area contributed by atoms with E-state index in [0.717, 1.165) is 24.1 Å². The van der Waals surface area contributed by atoms with Crippen molar-refractivity contribution in [1.29, 1.82) is 0 Å². The van der Waals surface area contributed by atoms with Crippen LogP contribution in [0.3, 0.4) is 0 Å². The summed E-state index contributed by atoms with van der Waals surface area (Å²) < 4.78 is 1.73. The zero-order valence-electron chi connectivity index (χ0n) is 12.5. The standard InChI is InChI=1S/C14H22N4O3/c1-10-12(9-17(2)16-10)8-15-14(21)18-5-3-11(4-6-18)7-13(19)20/h9,11H,3-8H2,1-2H3,(H,15,21)(H,19,20). The Morgan fingerprint density at radius 1 is 1.43 bits per heavy atom. The third kappa shape index (κ3) is 4.21. The largest absolute Gasteiger partial charge is 0.481 e. The third-order valence-corrected chi connectivity index (χ3v) is 3.91. The summed E-state index contributed by atoms with van der Waals surface area (Å²) in [6.07, 6.45) is 3.61. The molecule has 1 fully saturated rings. The molecule has 1 aromatic rings. The Morgan fingerprint density at radius 2 is 2.10 bits per heavy atom. The van der Waals surface area contributed by atoms with Crippen molar-refractivity contribution in [3.63, 3.8) is 0 Å². The zero-order chi connectivity index (χ0) is 15.4. The first-order valence-corrected chi connectivity index (χ1v) is 7.19. The van der Waals surface area contributed by atoms with Gasteiger partial charge in [0.25, 0.3) is 0 Å². The lowest BCUT2D eigenvalue weighted by atomic mass is 9.94. The van der Waals surface area contributed by atoms with Gasteiger partial charge in [-0.3, -0.25) is 9.48 Å². The van der Waals surface area contributed by atoms with E-state index in [2.05, 4.69) is 10.4 Å². The lowest BCUT2D eigenvalue weighted by molar-refractivity contribution is -0.138. The molecular formula is C14H22N4O3. The van der Waals surface area contributed by atoms with Crippen molar-refractivity contribution in [2.75, 3.05) is 13.1 Å². The van der Waals surface area contributed by atoms with Crippen molar-refractivity contribution < 1.29 is 14.7 Å². The number of carbonyl (C=O) groups excluding carboxylic acids is 1. The molecule has 7 heteroatoms. The lowest BCUT2D eigenvalue weighted by Crippen LogP contribution is -2.44. The van der Waals surface area contributed by atoms with Crippen molar-refractivity contribution in [3.05, 3.63) is 17.5 Å². The molecule has 0 aromatic carbocycles. The van der Waals surface area contributed by atoms with E-state index in [0.29, 0.717) is 19.6 Å². The van der Waals surface area contributed by atoms with Crippen LogP contribution in [0.1, 0.15) is 30.5 Å². The molecule has 2 amide bonds. The van der Waals surface area contributed by atoms with Gasteiger partial charge in [0.05, 0.1) is 5.69 Å². The number of amides is 2. The Kier molecular flexibility index (Phi) is 4.82. The van der Waals surface area contributed by atoms with E-state index in [4.69, 9.17) is 5.11 Å². The van der Waals surface area contributed by atoms with Gasteiger partial charge in [0.15, 0.2) is 0 Å². The lowest BCUT2D eigenvalue weighted by Gasteiger charge is -2.31. The first-order valence-electron chi connectivity index (χ1n) is 7.19. The highest BCUT2D eigenvalue weighted by molar-refractivity contribution is 5.74. The predicted octanol–water partition coefficient (Wildman–Crippen LogP) is 1.12. The number of hydrogen-bond acceptors (Lipinski definition) is 3. The summed E-state index contributed by atoms with van der Waals surface area (Å²) in [5.74, 6) is -0.572. The van der Waals surface area contributed by atoms with Gasteiger partial charge in [0.1, 0.15) is 0 Å². The van der Waals surface area contributed by atoms with Crippen LogP contribution in [0.5, 0.6) is 0 Å². The highest BCUT2D eigenvalue weighted by Gasteiger charge is 2.24. The molecule has 0 bridgehead atoms. The smallest absolute Gasteiger partial charge is 0.317 e. The van der Waals surface area contributed by atoms with Crippen LogP contribution in [0.4, 0.5) is 4.79 Å². The SMILES string of the molecule is Cc1nn(C)cc1CNC(=O)N1CCC(CC(=O)O)CC1. The summed E-state index contributed by atoms with van der Waals surface area (Å²) >= 11 is 0. The molecule has 0 spiro atoms. The second-order valence-electron chi connectivity index (χ2n) is 5.60. The van der Waals surface area contributed by atoms with Gasteiger partial charge >= 0.3 is 12.0 Å². The monoisotopic (exact) mass is 294 g/mol. The fraction of sp³-hybridized carbons (Fsp3) is 0.643. The molecule has 7 nitrogen and oxygen atoms in total. The van der Waals surface area contributed by atoms with Gasteiger partial charge in [-0.15, -0.1) is 0 Å². The minimum atomic E-state index is -0.759. The normalized spacial score (nSPS) is 16.0. The van der Waals surface area contributed by atoms with Crippen LogP contribution in [-0.4, -0.2) is 44.9 Å². The Morgan fingerprint density at radius 3 is 2.62 bits per heavy atom. The van der Waals surface area contributed by atoms with E-state index in [1.54, 1.807) is 9.58 Å². The minimum absolute atomic E-state index is 0.0907. The molecule has 0 unspecified atom stereocenters. The third-order valence-electron chi connectivity index (χ3n) is 3.91. The van der Waals surface area contributed by atoms with Crippen molar-refractivity contribution in [2.24, 2.45) is 13.0 Å². The predicted molar refractivity (Wildman–Crippen MR) is 76.7 cm³/mol. The Bertz CT molecular complexity index is 518. The summed E-state index contributed by atoms with van der Waals surface area (Å²) in [6, 6.07) is -0.0907. The molecule has 1 aliphatic rings. The topological polar surface area (TPSA) is 87.5 Å². The number of aryl methyl sites for hydroxylation is 2. The number of likely N-dealkylation sites (tertiary alicyclic amines) is 1. The first kappa shape index (κ1) is 15.3. The number of hydrogen-bond donors (Lipinski definition) is 2. The van der Waals surface area contributed by atoms with Crippen LogP contribution >= 0.6 is 0 Å². The highest BCUT2D eigenvalue weighted by Crippen LogP contribution is 2.20. The van der Waals surface area contributed by atoms with Crippen LogP contribution in [0, 0.1) is 12.8 Å². The van der Waals surface area contributed by atoms with Gasteiger partial charge < -0.3 is 15.3 Å². The molecule has 2 heterocycles. The van der Waals surface area contributed by atoms with Crippen LogP contribution in [0.25, 0.3) is 0 Å². The van der Waals surface area contributed by atoms with Crippen LogP contribution < -0.4 is 5.32 Å². The van der Waals surface area contributed by atoms with E-state index < -0.39 is 5.97 Å². The summed E-state index contributed by atoms with van der Waals surface area (Å²) in [7, 11) is 1.85. The van der Waals surface area contributed by atoms with Crippen LogP contribution in [-0.2, 0) is 18.4 Å². The maximum Gasteiger partial charge on any atom is 0.317 e. The van der Waals surface area contributed by atoms with Gasteiger partial charge in [-0.1, -0.05) is 0 Å². The zero-order valence-corrected chi connectivity index (χ0v) is 12.5. The molecule has 21 heavy (non-hydrogen) atoms. The Labute approximate surface area is 123 Å². The average molecular weight is 294 g/mol. The van der Waals surface area contributed by atoms with Gasteiger partial charge in [-0.05, 0) is 25.7 Å². The van der Waals surface area contributed by atoms with Crippen molar-refractivity contribution in [2.45, 2.75) is 32.7 Å². The Hall–Kier alpha value is -2.05. The number of carbonyl (C=O) groups is 2. The second kappa shape index (κ2) is 6.60. The summed E-state index contributed by atoms with van der Waals surface area (Å²) in [4.78, 5) is 24.5. The summed E-state index contributed by atoms with van der Waals surface area (Å²) in [5, 5.41) is 15.9. The van der Waals surface area contributed by atoms with Crippen LogP contribution in [0.2, 0.25) is 0 Å². The number of urea groups is 1. The number of nitrogens with one attached hydrogen (secondary N) is 1. The van der Waals surface area contributed by atoms with Gasteiger partial charge in [-0.25, -0.2) is 4.79 Å². The van der Waals surface area contributed by atoms with E-state index in [1.807, 2.05) is 20.2 Å². The molecule has 0 saturated carbocycles. The molecule has 116 valence electrons. The Balaban J connectivity index is 1.77. The maximum absolute atomic E-state index is 12.1. The van der Waals surface area contributed by atoms with E-state index in [9.17, 15) is 9.59 Å². The second-order valence-corrected chi connectivity index (χ2v) is 5.60. The number of carboxylic acid groups (broad SMARTS) is 1. The number of aromatic nitrogens is 2. The number of nitrogens with zero attached hydrogens (tertiary/aromatic N) is 3. The molecule has 0 radical (unpaired) electrons. The van der Waals surface area contributed by atoms with Crippen molar-refractivity contribution in [3.8, 4) is 0 Å². The van der Waals surface area contributed by atoms with Crippen molar-refractivity contribution in [1.82, 2.24) is 20.0 Å². The summed E-state index contributed by atoms with van der Waals surface area (Å²) in [6.45, 7) is 3.62. The molecule has 2 rings (SSSR count). The highest BCUT2D eigenvalue weighted by atomic mass is 16.4. The molecule has 1 aliphatic heterocycles. The number of rotatable bonds is 4. The first-order chi connectivity index (χ1) is 9.95. The molecule has 0 aliphatic carbocycles. The van der Waals surface area contributed by atoms with Gasteiger partial charge in [0.2, 0.25) is 0 Å². The number of carboxylic acids is 1. The van der Waals surface area contributed by atoms with E-state index in [1.165, 1.54) is 0 Å². The number of piperidine rings is 1. The molecule has 1 saturated heterocycles. The van der Waals surface area contributed by atoms with Crippen LogP contribution in [0.15, 0.2) is 6.20 Å². The fourth-order valence-electron chi connectivity index (χ4n) is 2.69. The summed E-state index contributed by atoms with van der Waals surface area (Å²) in [5.41, 5.74) is 1.92.